The van der Waals surface area contributed by atoms with Gasteiger partial charge in [-0.15, -0.1) is 0 Å². The fourth-order valence-corrected chi connectivity index (χ4v) is 1.81. The van der Waals surface area contributed by atoms with Crippen molar-refractivity contribution in [3.8, 4) is 0 Å². The molecule has 1 N–H and O–H groups in total. The Bertz CT molecular complexity index is 348. The summed E-state index contributed by atoms with van der Waals surface area (Å²) in [5.41, 5.74) is 0.921. The summed E-state index contributed by atoms with van der Waals surface area (Å²) in [7, 11) is 0. The van der Waals surface area contributed by atoms with E-state index in [2.05, 4.69) is 37.6 Å². The van der Waals surface area contributed by atoms with Gasteiger partial charge >= 0.3 is 0 Å². The zero-order valence-electron chi connectivity index (χ0n) is 11.5. The van der Waals surface area contributed by atoms with Gasteiger partial charge in [0.25, 0.3) is 0 Å². The molecule has 0 aliphatic rings. The largest absolute Gasteiger partial charge is 0.389 e. The van der Waals surface area contributed by atoms with Crippen molar-refractivity contribution in [2.24, 2.45) is 5.92 Å². The number of aliphatic hydroxyl groups excluding tert-OH is 1. The van der Waals surface area contributed by atoms with Gasteiger partial charge < -0.3 is 10.0 Å². The Morgan fingerprint density at radius 2 is 1.88 bits per heavy atom. The van der Waals surface area contributed by atoms with E-state index < -0.39 is 6.10 Å². The van der Waals surface area contributed by atoms with Crippen molar-refractivity contribution in [1.82, 2.24) is 4.98 Å². The van der Waals surface area contributed by atoms with Crippen LogP contribution in [0.2, 0.25) is 0 Å². The van der Waals surface area contributed by atoms with E-state index in [0.717, 1.165) is 17.9 Å². The van der Waals surface area contributed by atoms with Crippen LogP contribution in [-0.4, -0.2) is 22.7 Å². The molecule has 96 valence electrons. The third-order valence-electron chi connectivity index (χ3n) is 2.73. The smallest absolute Gasteiger partial charge is 0.129 e. The Morgan fingerprint density at radius 1 is 1.24 bits per heavy atom. The van der Waals surface area contributed by atoms with Crippen LogP contribution in [0.25, 0.3) is 0 Å². The second-order valence-electron chi connectivity index (χ2n) is 5.26. The van der Waals surface area contributed by atoms with Gasteiger partial charge in [-0.3, -0.25) is 0 Å². The minimum Gasteiger partial charge on any atom is -0.389 e. The van der Waals surface area contributed by atoms with Crippen LogP contribution in [0.1, 0.15) is 46.3 Å². The molecule has 0 aliphatic heterocycles. The predicted octanol–water partition coefficient (Wildman–Crippen LogP) is 3.01. The predicted molar refractivity (Wildman–Crippen MR) is 72.2 cm³/mol. The second-order valence-corrected chi connectivity index (χ2v) is 5.26. The van der Waals surface area contributed by atoms with Crippen LogP contribution in [0, 0.1) is 5.92 Å². The number of hydrogen-bond acceptors (Lipinski definition) is 3. The van der Waals surface area contributed by atoms with E-state index in [9.17, 15) is 5.11 Å². The zero-order chi connectivity index (χ0) is 13.0. The van der Waals surface area contributed by atoms with Crippen LogP contribution in [0.15, 0.2) is 18.3 Å². The molecular formula is C14H24N2O. The normalized spacial score (nSPS) is 13.2. The molecule has 1 atom stereocenters. The number of anilines is 1. The van der Waals surface area contributed by atoms with Crippen molar-refractivity contribution >= 4 is 5.82 Å². The van der Waals surface area contributed by atoms with Crippen LogP contribution in [0.3, 0.4) is 0 Å². The molecule has 1 heterocycles. The second kappa shape index (κ2) is 6.01. The van der Waals surface area contributed by atoms with Gasteiger partial charge in [0.1, 0.15) is 5.82 Å². The maximum Gasteiger partial charge on any atom is 0.129 e. The Hall–Kier alpha value is -1.09. The lowest BCUT2D eigenvalue weighted by molar-refractivity contribution is 0.199. The van der Waals surface area contributed by atoms with Crippen LogP contribution in [0.4, 0.5) is 5.82 Å². The van der Waals surface area contributed by atoms with Gasteiger partial charge in [0.15, 0.2) is 0 Å². The summed E-state index contributed by atoms with van der Waals surface area (Å²) in [6.45, 7) is 11.5. The Balaban J connectivity index is 2.97. The lowest BCUT2D eigenvalue weighted by Gasteiger charge is -2.30. The first-order valence-electron chi connectivity index (χ1n) is 6.32. The van der Waals surface area contributed by atoms with E-state index in [-0.39, 0.29) is 0 Å². The van der Waals surface area contributed by atoms with Crippen molar-refractivity contribution in [2.75, 3.05) is 11.4 Å². The summed E-state index contributed by atoms with van der Waals surface area (Å²) in [6, 6.07) is 4.25. The van der Waals surface area contributed by atoms with Gasteiger partial charge in [-0.25, -0.2) is 4.98 Å². The van der Waals surface area contributed by atoms with Crippen LogP contribution in [-0.2, 0) is 0 Å². The molecule has 0 aromatic carbocycles. The Labute approximate surface area is 104 Å². The SMILES string of the molecule is CC(C)CN(c1cc(C(C)O)ccn1)C(C)C. The Morgan fingerprint density at radius 3 is 2.35 bits per heavy atom. The molecule has 0 saturated heterocycles. The fraction of sp³-hybridized carbons (Fsp3) is 0.643. The van der Waals surface area contributed by atoms with E-state index in [4.69, 9.17) is 0 Å². The van der Waals surface area contributed by atoms with E-state index >= 15 is 0 Å². The molecule has 0 spiro atoms. The Kier molecular flexibility index (Phi) is 4.94. The standard InChI is InChI=1S/C14H24N2O/c1-10(2)9-16(11(3)4)14-8-13(12(5)17)6-7-15-14/h6-8,10-12,17H,9H2,1-5H3. The van der Waals surface area contributed by atoms with Gasteiger partial charge in [0.2, 0.25) is 0 Å². The van der Waals surface area contributed by atoms with Crippen molar-refractivity contribution < 1.29 is 5.11 Å². The molecule has 0 saturated carbocycles. The first-order valence-corrected chi connectivity index (χ1v) is 6.32. The number of rotatable bonds is 5. The average Bonchev–Trinajstić information content (AvgIpc) is 2.25. The van der Waals surface area contributed by atoms with Crippen LogP contribution >= 0.6 is 0 Å². The summed E-state index contributed by atoms with van der Waals surface area (Å²) in [6.07, 6.45) is 1.33. The third kappa shape index (κ3) is 4.00. The average molecular weight is 236 g/mol. The van der Waals surface area contributed by atoms with Gasteiger partial charge in [-0.1, -0.05) is 13.8 Å². The summed E-state index contributed by atoms with van der Waals surface area (Å²) in [4.78, 5) is 6.69. The topological polar surface area (TPSA) is 36.4 Å². The minimum absolute atomic E-state index is 0.411. The quantitative estimate of drug-likeness (QED) is 0.853. The molecule has 0 bridgehead atoms. The molecule has 17 heavy (non-hydrogen) atoms. The third-order valence-corrected chi connectivity index (χ3v) is 2.73. The molecule has 0 radical (unpaired) electrons. The molecular weight excluding hydrogens is 212 g/mol. The molecule has 1 aromatic rings. The van der Waals surface area contributed by atoms with E-state index in [1.807, 2.05) is 12.1 Å². The van der Waals surface area contributed by atoms with E-state index in [0.29, 0.717) is 12.0 Å². The molecule has 0 amide bonds. The maximum absolute atomic E-state index is 9.60. The van der Waals surface area contributed by atoms with Crippen LogP contribution in [0.5, 0.6) is 0 Å². The van der Waals surface area contributed by atoms with Gasteiger partial charge in [0.05, 0.1) is 6.10 Å². The molecule has 3 nitrogen and oxygen atoms in total. The van der Waals surface area contributed by atoms with Crippen molar-refractivity contribution in [2.45, 2.75) is 46.8 Å². The molecule has 0 aliphatic carbocycles. The van der Waals surface area contributed by atoms with Crippen molar-refractivity contribution in [3.63, 3.8) is 0 Å². The number of aliphatic hydroxyl groups is 1. The number of pyridine rings is 1. The lowest BCUT2D eigenvalue weighted by atomic mass is 10.1. The number of hydrogen-bond donors (Lipinski definition) is 1. The highest BCUT2D eigenvalue weighted by Crippen LogP contribution is 2.20. The lowest BCUT2D eigenvalue weighted by Crippen LogP contribution is -2.34. The first kappa shape index (κ1) is 14.0. The van der Waals surface area contributed by atoms with Gasteiger partial charge in [0, 0.05) is 18.8 Å². The highest BCUT2D eigenvalue weighted by Gasteiger charge is 2.14. The summed E-state index contributed by atoms with van der Waals surface area (Å²) in [5.74, 6) is 1.54. The highest BCUT2D eigenvalue weighted by molar-refractivity contribution is 5.42. The van der Waals surface area contributed by atoms with Crippen LogP contribution < -0.4 is 4.90 Å². The molecule has 0 fully saturated rings. The summed E-state index contributed by atoms with van der Waals surface area (Å²) < 4.78 is 0. The number of aromatic nitrogens is 1. The molecule has 1 aromatic heterocycles. The molecule has 3 heteroatoms. The van der Waals surface area contributed by atoms with Gasteiger partial charge in [-0.2, -0.15) is 0 Å². The van der Waals surface area contributed by atoms with E-state index in [1.165, 1.54) is 0 Å². The fourth-order valence-electron chi connectivity index (χ4n) is 1.81. The highest BCUT2D eigenvalue weighted by atomic mass is 16.3. The van der Waals surface area contributed by atoms with Crippen molar-refractivity contribution in [3.05, 3.63) is 23.9 Å². The first-order chi connectivity index (χ1) is 7.91. The monoisotopic (exact) mass is 236 g/mol. The maximum atomic E-state index is 9.60. The van der Waals surface area contributed by atoms with E-state index in [1.54, 1.807) is 13.1 Å². The molecule has 1 unspecified atom stereocenters. The summed E-state index contributed by atoms with van der Waals surface area (Å²) >= 11 is 0. The van der Waals surface area contributed by atoms with Crippen molar-refractivity contribution in [1.29, 1.82) is 0 Å². The molecule has 1 rings (SSSR count). The minimum atomic E-state index is -0.440. The summed E-state index contributed by atoms with van der Waals surface area (Å²) in [5, 5.41) is 9.60. The van der Waals surface area contributed by atoms with Gasteiger partial charge in [-0.05, 0) is 44.4 Å². The zero-order valence-corrected chi connectivity index (χ0v) is 11.5. The number of nitrogens with zero attached hydrogens (tertiary/aromatic N) is 2.